The van der Waals surface area contributed by atoms with Crippen LogP contribution in [0.2, 0.25) is 0 Å². The molecule has 0 fully saturated rings. The molecule has 262 valence electrons. The highest BCUT2D eigenvalue weighted by molar-refractivity contribution is 6.13. The molecule has 0 aliphatic carbocycles. The van der Waals surface area contributed by atoms with Gasteiger partial charge in [-0.1, -0.05) is 146 Å². The summed E-state index contributed by atoms with van der Waals surface area (Å²) in [5.41, 5.74) is 12.4. The molecule has 0 amide bonds. The number of benzene rings is 8. The molecular weight excluding hydrogens is 685 g/mol. The Labute approximate surface area is 322 Å². The van der Waals surface area contributed by atoms with Gasteiger partial charge < -0.3 is 8.98 Å². The molecule has 5 heteroatoms. The highest BCUT2D eigenvalue weighted by atomic mass is 16.3. The maximum absolute atomic E-state index is 6.47. The molecular formula is C51H32N4O. The number of rotatable bonds is 6. The summed E-state index contributed by atoms with van der Waals surface area (Å²) in [6, 6.07) is 67.6. The standard InChI is InChI=1S/C51H32N4O/c1-4-14-33(15-5-1)49-52-50(34-16-6-2-7-17-34)54-51(53-49)42-23-13-25-47-48(42)43-31-37(27-29-46(43)56-47)35-18-12-19-36(30-35)38-26-28-41-40-22-10-11-24-44(40)55(45(41)32-38)39-20-8-3-9-21-39/h1-32H. The number of para-hydroxylation sites is 2. The fraction of sp³-hybridized carbons (Fsp3) is 0. The van der Waals surface area contributed by atoms with Crippen molar-refractivity contribution in [2.75, 3.05) is 0 Å². The fourth-order valence-corrected chi connectivity index (χ4v) is 8.01. The van der Waals surface area contributed by atoms with Crippen LogP contribution in [0.15, 0.2) is 199 Å². The van der Waals surface area contributed by atoms with Crippen LogP contribution >= 0.6 is 0 Å². The van der Waals surface area contributed by atoms with E-state index in [0.29, 0.717) is 17.5 Å². The van der Waals surface area contributed by atoms with E-state index in [1.165, 1.54) is 21.8 Å². The zero-order chi connectivity index (χ0) is 37.0. The average Bonchev–Trinajstić information content (AvgIpc) is 3.82. The summed E-state index contributed by atoms with van der Waals surface area (Å²) in [5, 5.41) is 4.47. The fourth-order valence-electron chi connectivity index (χ4n) is 8.01. The zero-order valence-electron chi connectivity index (χ0n) is 30.2. The molecule has 0 aliphatic rings. The van der Waals surface area contributed by atoms with Crippen molar-refractivity contribution in [2.24, 2.45) is 0 Å². The second kappa shape index (κ2) is 13.0. The van der Waals surface area contributed by atoms with E-state index in [-0.39, 0.29) is 0 Å². The maximum atomic E-state index is 6.47. The number of hydrogen-bond donors (Lipinski definition) is 0. The van der Waals surface area contributed by atoms with E-state index in [2.05, 4.69) is 126 Å². The van der Waals surface area contributed by atoms with Crippen LogP contribution in [-0.2, 0) is 0 Å². The second-order valence-corrected chi connectivity index (χ2v) is 14.0. The first-order valence-electron chi connectivity index (χ1n) is 18.8. The summed E-state index contributed by atoms with van der Waals surface area (Å²) in [6.07, 6.45) is 0. The van der Waals surface area contributed by atoms with E-state index in [4.69, 9.17) is 19.4 Å². The molecule has 5 nitrogen and oxygen atoms in total. The van der Waals surface area contributed by atoms with Gasteiger partial charge in [-0.2, -0.15) is 0 Å². The minimum absolute atomic E-state index is 0.599. The van der Waals surface area contributed by atoms with Gasteiger partial charge in [-0.3, -0.25) is 0 Å². The summed E-state index contributed by atoms with van der Waals surface area (Å²) in [6.45, 7) is 0. The summed E-state index contributed by atoms with van der Waals surface area (Å²) in [5.74, 6) is 1.85. The molecule has 0 saturated heterocycles. The number of furan rings is 1. The topological polar surface area (TPSA) is 56.7 Å². The lowest BCUT2D eigenvalue weighted by molar-refractivity contribution is 0.669. The Balaban J connectivity index is 1.04. The van der Waals surface area contributed by atoms with Crippen LogP contribution in [0.5, 0.6) is 0 Å². The first-order valence-corrected chi connectivity index (χ1v) is 18.8. The molecule has 56 heavy (non-hydrogen) atoms. The normalized spacial score (nSPS) is 11.6. The molecule has 3 heterocycles. The van der Waals surface area contributed by atoms with Gasteiger partial charge in [0.1, 0.15) is 11.2 Å². The number of nitrogens with zero attached hydrogens (tertiary/aromatic N) is 4. The lowest BCUT2D eigenvalue weighted by Crippen LogP contribution is -2.00. The van der Waals surface area contributed by atoms with Gasteiger partial charge in [0, 0.05) is 43.9 Å². The lowest BCUT2D eigenvalue weighted by Gasteiger charge is -2.10. The van der Waals surface area contributed by atoms with Crippen LogP contribution in [0, 0.1) is 0 Å². The molecule has 0 aliphatic heterocycles. The van der Waals surface area contributed by atoms with Crippen molar-refractivity contribution < 1.29 is 4.42 Å². The van der Waals surface area contributed by atoms with Crippen molar-refractivity contribution in [2.45, 2.75) is 0 Å². The molecule has 0 atom stereocenters. The Bertz CT molecular complexity index is 3180. The summed E-state index contributed by atoms with van der Waals surface area (Å²) in [7, 11) is 0. The van der Waals surface area contributed by atoms with E-state index >= 15 is 0 Å². The second-order valence-electron chi connectivity index (χ2n) is 14.0. The van der Waals surface area contributed by atoms with Gasteiger partial charge in [-0.05, 0) is 70.8 Å². The molecule has 0 saturated carbocycles. The zero-order valence-corrected chi connectivity index (χ0v) is 30.2. The molecule has 0 bridgehead atoms. The third-order valence-corrected chi connectivity index (χ3v) is 10.7. The van der Waals surface area contributed by atoms with Gasteiger partial charge in [0.15, 0.2) is 17.5 Å². The van der Waals surface area contributed by atoms with Gasteiger partial charge in [-0.15, -0.1) is 0 Å². The largest absolute Gasteiger partial charge is 0.456 e. The molecule has 0 unspecified atom stereocenters. The molecule has 0 N–H and O–H groups in total. The van der Waals surface area contributed by atoms with Crippen molar-refractivity contribution in [1.29, 1.82) is 0 Å². The lowest BCUT2D eigenvalue weighted by atomic mass is 9.96. The van der Waals surface area contributed by atoms with Crippen molar-refractivity contribution >= 4 is 43.7 Å². The van der Waals surface area contributed by atoms with Crippen LogP contribution in [0.4, 0.5) is 0 Å². The Morgan fingerprint density at radius 3 is 1.62 bits per heavy atom. The Morgan fingerprint density at radius 2 is 0.893 bits per heavy atom. The molecule has 8 aromatic carbocycles. The minimum atomic E-state index is 0.599. The van der Waals surface area contributed by atoms with Crippen LogP contribution in [0.25, 0.3) is 106 Å². The predicted octanol–water partition coefficient (Wildman–Crippen LogP) is 13.2. The van der Waals surface area contributed by atoms with Gasteiger partial charge in [0.25, 0.3) is 0 Å². The molecule has 0 spiro atoms. The van der Waals surface area contributed by atoms with E-state index in [0.717, 1.165) is 66.6 Å². The highest BCUT2D eigenvalue weighted by Gasteiger charge is 2.19. The minimum Gasteiger partial charge on any atom is -0.456 e. The van der Waals surface area contributed by atoms with Gasteiger partial charge in [0.2, 0.25) is 0 Å². The van der Waals surface area contributed by atoms with E-state index in [1.807, 2.05) is 72.8 Å². The van der Waals surface area contributed by atoms with Crippen LogP contribution in [-0.4, -0.2) is 19.5 Å². The summed E-state index contributed by atoms with van der Waals surface area (Å²) >= 11 is 0. The van der Waals surface area contributed by atoms with Crippen LogP contribution in [0.1, 0.15) is 0 Å². The van der Waals surface area contributed by atoms with E-state index < -0.39 is 0 Å². The number of aromatic nitrogens is 4. The van der Waals surface area contributed by atoms with Crippen molar-refractivity contribution in [1.82, 2.24) is 19.5 Å². The number of fused-ring (bicyclic) bond motifs is 6. The van der Waals surface area contributed by atoms with E-state index in [9.17, 15) is 0 Å². The monoisotopic (exact) mass is 716 g/mol. The highest BCUT2D eigenvalue weighted by Crippen LogP contribution is 2.40. The first-order chi connectivity index (χ1) is 27.7. The SMILES string of the molecule is c1ccc(-c2nc(-c3ccccc3)nc(-c3cccc4oc5ccc(-c6cccc(-c7ccc8c9ccccc9n(-c9ccccc9)c8c7)c6)cc5c34)n2)cc1. The van der Waals surface area contributed by atoms with Gasteiger partial charge in [0.05, 0.1) is 11.0 Å². The van der Waals surface area contributed by atoms with Gasteiger partial charge in [-0.25, -0.2) is 15.0 Å². The quantitative estimate of drug-likeness (QED) is 0.172. The summed E-state index contributed by atoms with van der Waals surface area (Å²) < 4.78 is 8.83. The molecule has 3 aromatic heterocycles. The van der Waals surface area contributed by atoms with Crippen molar-refractivity contribution in [3.63, 3.8) is 0 Å². The molecule has 11 aromatic rings. The van der Waals surface area contributed by atoms with Crippen molar-refractivity contribution in [3.05, 3.63) is 194 Å². The van der Waals surface area contributed by atoms with Crippen LogP contribution in [0.3, 0.4) is 0 Å². The molecule has 11 rings (SSSR count). The summed E-state index contributed by atoms with van der Waals surface area (Å²) in [4.78, 5) is 15.0. The molecule has 0 radical (unpaired) electrons. The maximum Gasteiger partial charge on any atom is 0.164 e. The number of hydrogen-bond acceptors (Lipinski definition) is 4. The van der Waals surface area contributed by atoms with Gasteiger partial charge >= 0.3 is 0 Å². The third kappa shape index (κ3) is 5.37. The Hall–Kier alpha value is -7.63. The smallest absolute Gasteiger partial charge is 0.164 e. The first kappa shape index (κ1) is 31.9. The van der Waals surface area contributed by atoms with E-state index in [1.54, 1.807) is 0 Å². The predicted molar refractivity (Wildman–Crippen MR) is 229 cm³/mol. The Morgan fingerprint density at radius 1 is 0.339 bits per heavy atom. The van der Waals surface area contributed by atoms with Crippen LogP contribution < -0.4 is 0 Å². The third-order valence-electron chi connectivity index (χ3n) is 10.7. The average molecular weight is 717 g/mol. The van der Waals surface area contributed by atoms with Crippen molar-refractivity contribution in [3.8, 4) is 62.1 Å². The Kier molecular flexibility index (Phi) is 7.42.